The van der Waals surface area contributed by atoms with Crippen molar-refractivity contribution in [3.8, 4) is 22.3 Å². The Labute approximate surface area is 295 Å². The summed E-state index contributed by atoms with van der Waals surface area (Å²) in [6, 6.07) is 61.7. The number of hydrogen-bond acceptors (Lipinski definition) is 4. The van der Waals surface area contributed by atoms with E-state index in [0.717, 1.165) is 66.4 Å². The van der Waals surface area contributed by atoms with Gasteiger partial charge < -0.3 is 9.73 Å². The SMILES string of the molecule is c1ccc(-c2ccc3cc(C4=NC(c5cccc6oc7cc(-c8ccccc8)ccc7c56)=NC(c5cccc6ccccc56)N4)ccc3c2)cc1. The number of rotatable bonds is 5. The van der Waals surface area contributed by atoms with Gasteiger partial charge in [-0.05, 0) is 74.1 Å². The topological polar surface area (TPSA) is 49.9 Å². The minimum atomic E-state index is -0.354. The molecule has 0 fully saturated rings. The van der Waals surface area contributed by atoms with Crippen LogP contribution < -0.4 is 5.32 Å². The standard InChI is InChI=1S/C47H31N3O/c1-3-11-30(12-4-1)33-21-22-35-28-37(24-23-34(35)27-33)45-48-46(39-18-9-16-32-15-7-8-17-38(32)39)50-47(49-45)41-19-10-20-42-44(41)40-26-25-36(29-43(40)51-42)31-13-5-2-6-14-31/h1-29,46H,(H,48,49,50). The van der Waals surface area contributed by atoms with E-state index in [4.69, 9.17) is 14.4 Å². The molecular formula is C47H31N3O. The van der Waals surface area contributed by atoms with Crippen molar-refractivity contribution >= 4 is 55.2 Å². The summed E-state index contributed by atoms with van der Waals surface area (Å²) in [6.45, 7) is 0. The van der Waals surface area contributed by atoms with Crippen LogP contribution in [0.4, 0.5) is 0 Å². The fraction of sp³-hybridized carbons (Fsp3) is 0.0213. The van der Waals surface area contributed by atoms with Crippen LogP contribution in [0.5, 0.6) is 0 Å². The Kier molecular flexibility index (Phi) is 6.85. The Morgan fingerprint density at radius 2 is 1.10 bits per heavy atom. The number of nitrogens with one attached hydrogen (secondary N) is 1. The van der Waals surface area contributed by atoms with Crippen molar-refractivity contribution in [3.63, 3.8) is 0 Å². The van der Waals surface area contributed by atoms with Gasteiger partial charge in [-0.1, -0.05) is 146 Å². The van der Waals surface area contributed by atoms with Gasteiger partial charge in [-0.15, -0.1) is 0 Å². The maximum Gasteiger partial charge on any atom is 0.160 e. The highest BCUT2D eigenvalue weighted by atomic mass is 16.3. The number of benzene rings is 8. The molecule has 240 valence electrons. The zero-order chi connectivity index (χ0) is 33.7. The van der Waals surface area contributed by atoms with Gasteiger partial charge in [-0.3, -0.25) is 0 Å². The number of fused-ring (bicyclic) bond motifs is 5. The molecule has 0 spiro atoms. The molecule has 1 N–H and O–H groups in total. The molecule has 0 saturated heterocycles. The van der Waals surface area contributed by atoms with Crippen molar-refractivity contribution in [2.24, 2.45) is 9.98 Å². The average molecular weight is 654 g/mol. The third kappa shape index (κ3) is 5.17. The summed E-state index contributed by atoms with van der Waals surface area (Å²) in [7, 11) is 0. The summed E-state index contributed by atoms with van der Waals surface area (Å²) in [5.41, 5.74) is 9.38. The second kappa shape index (κ2) is 12.0. The molecule has 0 amide bonds. The van der Waals surface area contributed by atoms with E-state index in [9.17, 15) is 0 Å². The first kappa shape index (κ1) is 29.2. The number of amidine groups is 2. The van der Waals surface area contributed by atoms with Crippen molar-refractivity contribution in [2.75, 3.05) is 0 Å². The van der Waals surface area contributed by atoms with Crippen molar-refractivity contribution in [1.29, 1.82) is 0 Å². The molecule has 10 rings (SSSR count). The smallest absolute Gasteiger partial charge is 0.160 e. The zero-order valence-corrected chi connectivity index (χ0v) is 27.6. The molecule has 0 radical (unpaired) electrons. The summed E-state index contributed by atoms with van der Waals surface area (Å²) in [4.78, 5) is 10.6. The van der Waals surface area contributed by atoms with E-state index >= 15 is 0 Å². The predicted molar refractivity (Wildman–Crippen MR) is 211 cm³/mol. The number of aliphatic imine (C=N–C) groups is 2. The van der Waals surface area contributed by atoms with Gasteiger partial charge in [0, 0.05) is 27.5 Å². The monoisotopic (exact) mass is 653 g/mol. The maximum atomic E-state index is 6.50. The average Bonchev–Trinajstić information content (AvgIpc) is 3.59. The third-order valence-electron chi connectivity index (χ3n) is 9.93. The van der Waals surface area contributed by atoms with Crippen molar-refractivity contribution in [2.45, 2.75) is 6.17 Å². The third-order valence-corrected chi connectivity index (χ3v) is 9.93. The molecule has 4 nitrogen and oxygen atoms in total. The second-order valence-electron chi connectivity index (χ2n) is 13.0. The molecule has 2 heterocycles. The lowest BCUT2D eigenvalue weighted by Crippen LogP contribution is -2.33. The minimum absolute atomic E-state index is 0.354. The van der Waals surface area contributed by atoms with Gasteiger partial charge in [0.2, 0.25) is 0 Å². The van der Waals surface area contributed by atoms with Crippen LogP contribution in [-0.4, -0.2) is 11.7 Å². The van der Waals surface area contributed by atoms with Crippen LogP contribution in [0.15, 0.2) is 190 Å². The fourth-order valence-corrected chi connectivity index (χ4v) is 7.39. The molecule has 1 unspecified atom stereocenters. The van der Waals surface area contributed by atoms with Crippen LogP contribution in [-0.2, 0) is 0 Å². The molecule has 0 bridgehead atoms. The Morgan fingerprint density at radius 3 is 1.90 bits per heavy atom. The van der Waals surface area contributed by atoms with Crippen molar-refractivity contribution in [3.05, 3.63) is 193 Å². The van der Waals surface area contributed by atoms with E-state index in [0.29, 0.717) is 5.84 Å². The van der Waals surface area contributed by atoms with Crippen molar-refractivity contribution < 1.29 is 4.42 Å². The van der Waals surface area contributed by atoms with Gasteiger partial charge in [0.1, 0.15) is 23.2 Å². The second-order valence-corrected chi connectivity index (χ2v) is 13.0. The van der Waals surface area contributed by atoms with Crippen LogP contribution in [0.1, 0.15) is 22.9 Å². The lowest BCUT2D eigenvalue weighted by Gasteiger charge is -2.25. The highest BCUT2D eigenvalue weighted by molar-refractivity contribution is 6.22. The van der Waals surface area contributed by atoms with Crippen LogP contribution in [0.2, 0.25) is 0 Å². The summed E-state index contributed by atoms with van der Waals surface area (Å²) >= 11 is 0. The van der Waals surface area contributed by atoms with Crippen LogP contribution in [0.3, 0.4) is 0 Å². The van der Waals surface area contributed by atoms with E-state index < -0.39 is 0 Å². The van der Waals surface area contributed by atoms with Crippen LogP contribution in [0.25, 0.3) is 65.7 Å². The van der Waals surface area contributed by atoms with Gasteiger partial charge in [-0.2, -0.15) is 0 Å². The predicted octanol–water partition coefficient (Wildman–Crippen LogP) is 11.7. The van der Waals surface area contributed by atoms with E-state index in [1.54, 1.807) is 0 Å². The van der Waals surface area contributed by atoms with Crippen LogP contribution >= 0.6 is 0 Å². The summed E-state index contributed by atoms with van der Waals surface area (Å²) in [5, 5.41) is 10.4. The fourth-order valence-electron chi connectivity index (χ4n) is 7.39. The quantitative estimate of drug-likeness (QED) is 0.201. The number of hydrogen-bond donors (Lipinski definition) is 1. The molecule has 1 aliphatic heterocycles. The molecular weight excluding hydrogens is 623 g/mol. The first-order valence-electron chi connectivity index (χ1n) is 17.3. The van der Waals surface area contributed by atoms with Gasteiger partial charge in [0.05, 0.1) is 0 Å². The lowest BCUT2D eigenvalue weighted by atomic mass is 9.98. The molecule has 8 aromatic carbocycles. The highest BCUT2D eigenvalue weighted by Gasteiger charge is 2.25. The highest BCUT2D eigenvalue weighted by Crippen LogP contribution is 2.36. The van der Waals surface area contributed by atoms with E-state index in [1.165, 1.54) is 21.9 Å². The molecule has 51 heavy (non-hydrogen) atoms. The molecule has 1 aromatic heterocycles. The van der Waals surface area contributed by atoms with E-state index in [1.807, 2.05) is 18.2 Å². The molecule has 1 atom stereocenters. The Morgan fingerprint density at radius 1 is 0.451 bits per heavy atom. The van der Waals surface area contributed by atoms with Gasteiger partial charge >= 0.3 is 0 Å². The normalized spacial score (nSPS) is 14.5. The van der Waals surface area contributed by atoms with Gasteiger partial charge in [0.25, 0.3) is 0 Å². The van der Waals surface area contributed by atoms with Crippen molar-refractivity contribution in [1.82, 2.24) is 5.32 Å². The number of furan rings is 1. The molecule has 9 aromatic rings. The molecule has 1 aliphatic rings. The van der Waals surface area contributed by atoms with Gasteiger partial charge in [-0.25, -0.2) is 9.98 Å². The largest absolute Gasteiger partial charge is 0.456 e. The number of nitrogens with zero attached hydrogens (tertiary/aromatic N) is 2. The zero-order valence-electron chi connectivity index (χ0n) is 27.6. The first-order valence-corrected chi connectivity index (χ1v) is 17.3. The lowest BCUT2D eigenvalue weighted by molar-refractivity contribution is 0.668. The summed E-state index contributed by atoms with van der Waals surface area (Å²) in [5.74, 6) is 1.45. The van der Waals surface area contributed by atoms with E-state index in [2.05, 4.69) is 163 Å². The Hall–Kier alpha value is -6.78. The summed E-state index contributed by atoms with van der Waals surface area (Å²) in [6.07, 6.45) is -0.354. The molecule has 4 heteroatoms. The van der Waals surface area contributed by atoms with Crippen LogP contribution in [0, 0.1) is 0 Å². The Balaban J connectivity index is 1.13. The summed E-state index contributed by atoms with van der Waals surface area (Å²) < 4.78 is 6.50. The molecule has 0 saturated carbocycles. The minimum Gasteiger partial charge on any atom is -0.456 e. The van der Waals surface area contributed by atoms with Gasteiger partial charge in [0.15, 0.2) is 5.84 Å². The first-order chi connectivity index (χ1) is 25.2. The Bertz CT molecular complexity index is 2830. The molecule has 0 aliphatic carbocycles. The van der Waals surface area contributed by atoms with E-state index in [-0.39, 0.29) is 6.17 Å². The maximum absolute atomic E-state index is 6.50.